The molecule has 0 saturated heterocycles. The predicted molar refractivity (Wildman–Crippen MR) is 123 cm³/mol. The van der Waals surface area contributed by atoms with Crippen LogP contribution in [0.25, 0.3) is 5.78 Å². The number of fused-ring (bicyclic) bond motifs is 3. The monoisotopic (exact) mass is 468 g/mol. The average molecular weight is 469 g/mol. The zero-order valence-corrected chi connectivity index (χ0v) is 19.8. The molecule has 4 atom stereocenters. The standard InChI is InChI=1S/C23H28N6O3S/c1-13-10-14(2)29-23(24-13)26-21(27-29)22(30)25-18-6-8-19(9-7-18)33(31,32)28-15(3)20-12-16-4-5-17(20)11-16/h6-10,15-17,20,28H,4-5,11-12H2,1-3H3,(H,25,30)/t15-,16-,17-,20+/m0/s1. The minimum atomic E-state index is -3.64. The number of aromatic nitrogens is 4. The number of sulfonamides is 1. The van der Waals surface area contributed by atoms with Crippen LogP contribution in [0.5, 0.6) is 0 Å². The van der Waals surface area contributed by atoms with Crippen molar-refractivity contribution in [3.05, 3.63) is 47.5 Å². The van der Waals surface area contributed by atoms with E-state index in [1.807, 2.05) is 26.8 Å². The Morgan fingerprint density at radius 2 is 1.88 bits per heavy atom. The maximum Gasteiger partial charge on any atom is 0.295 e. The molecule has 2 bridgehead atoms. The topological polar surface area (TPSA) is 118 Å². The molecule has 3 aromatic rings. The summed E-state index contributed by atoms with van der Waals surface area (Å²) in [6.45, 7) is 5.69. The zero-order chi connectivity index (χ0) is 23.3. The van der Waals surface area contributed by atoms with Crippen LogP contribution in [0.3, 0.4) is 0 Å². The number of hydrogen-bond donors (Lipinski definition) is 2. The molecule has 33 heavy (non-hydrogen) atoms. The largest absolute Gasteiger partial charge is 0.319 e. The van der Waals surface area contributed by atoms with Crippen LogP contribution in [0.4, 0.5) is 5.69 Å². The van der Waals surface area contributed by atoms with E-state index < -0.39 is 15.9 Å². The quantitative estimate of drug-likeness (QED) is 0.574. The van der Waals surface area contributed by atoms with Crippen LogP contribution >= 0.6 is 0 Å². The van der Waals surface area contributed by atoms with E-state index in [0.29, 0.717) is 23.3 Å². The number of hydrogen-bond acceptors (Lipinski definition) is 6. The highest BCUT2D eigenvalue weighted by atomic mass is 32.2. The van der Waals surface area contributed by atoms with Crippen LogP contribution < -0.4 is 10.0 Å². The summed E-state index contributed by atoms with van der Waals surface area (Å²) in [5.74, 6) is 1.68. The van der Waals surface area contributed by atoms with Gasteiger partial charge in [0.1, 0.15) is 0 Å². The molecule has 2 aliphatic rings. The van der Waals surface area contributed by atoms with E-state index in [1.165, 1.54) is 35.9 Å². The molecule has 9 nitrogen and oxygen atoms in total. The van der Waals surface area contributed by atoms with Crippen LogP contribution in [0.1, 0.15) is 54.6 Å². The van der Waals surface area contributed by atoms with Crippen molar-refractivity contribution in [1.82, 2.24) is 24.3 Å². The number of nitrogens with one attached hydrogen (secondary N) is 2. The molecule has 174 valence electrons. The van der Waals surface area contributed by atoms with E-state index >= 15 is 0 Å². The van der Waals surface area contributed by atoms with E-state index in [0.717, 1.165) is 23.7 Å². The Morgan fingerprint density at radius 1 is 1.12 bits per heavy atom. The molecule has 2 N–H and O–H groups in total. The maximum atomic E-state index is 12.9. The molecule has 1 amide bonds. The fourth-order valence-electron chi connectivity index (χ4n) is 5.47. The van der Waals surface area contributed by atoms with Gasteiger partial charge >= 0.3 is 0 Å². The molecule has 2 saturated carbocycles. The van der Waals surface area contributed by atoms with Gasteiger partial charge in [-0.3, -0.25) is 4.79 Å². The van der Waals surface area contributed by atoms with Crippen LogP contribution in [-0.4, -0.2) is 39.9 Å². The molecule has 10 heteroatoms. The Balaban J connectivity index is 1.26. The van der Waals surface area contributed by atoms with Crippen LogP contribution in [0.15, 0.2) is 35.2 Å². The van der Waals surface area contributed by atoms with Crippen LogP contribution in [0.2, 0.25) is 0 Å². The molecule has 0 unspecified atom stereocenters. The normalized spacial score (nSPS) is 23.2. The second-order valence-electron chi connectivity index (χ2n) is 9.41. The highest BCUT2D eigenvalue weighted by Gasteiger charge is 2.42. The minimum Gasteiger partial charge on any atom is -0.319 e. The van der Waals surface area contributed by atoms with Gasteiger partial charge in [-0.05, 0) is 88.1 Å². The van der Waals surface area contributed by atoms with Crippen molar-refractivity contribution in [3.8, 4) is 0 Å². The Hall–Kier alpha value is -2.85. The van der Waals surface area contributed by atoms with Gasteiger partial charge in [0.05, 0.1) is 4.90 Å². The first-order chi connectivity index (χ1) is 15.7. The number of benzene rings is 1. The third-order valence-corrected chi connectivity index (χ3v) is 8.59. The van der Waals surface area contributed by atoms with E-state index in [4.69, 9.17) is 0 Å². The summed E-state index contributed by atoms with van der Waals surface area (Å²) >= 11 is 0. The van der Waals surface area contributed by atoms with E-state index in [9.17, 15) is 13.2 Å². The number of nitrogens with zero attached hydrogens (tertiary/aromatic N) is 4. The Kier molecular flexibility index (Phi) is 5.44. The summed E-state index contributed by atoms with van der Waals surface area (Å²) < 4.78 is 30.2. The smallest absolute Gasteiger partial charge is 0.295 e. The molecular formula is C23H28N6O3S. The first kappa shape index (κ1) is 22.0. The Morgan fingerprint density at radius 3 is 2.55 bits per heavy atom. The lowest BCUT2D eigenvalue weighted by atomic mass is 9.84. The van der Waals surface area contributed by atoms with E-state index in [-0.39, 0.29) is 16.8 Å². The van der Waals surface area contributed by atoms with Gasteiger partial charge in [0, 0.05) is 23.1 Å². The van der Waals surface area contributed by atoms with Gasteiger partial charge in [-0.2, -0.15) is 4.98 Å². The van der Waals surface area contributed by atoms with Crippen molar-refractivity contribution in [2.75, 3.05) is 5.32 Å². The zero-order valence-electron chi connectivity index (χ0n) is 18.9. The summed E-state index contributed by atoms with van der Waals surface area (Å²) in [5, 5.41) is 6.93. The van der Waals surface area contributed by atoms with E-state index in [1.54, 1.807) is 12.1 Å². The number of aryl methyl sites for hydroxylation is 2. The highest BCUT2D eigenvalue weighted by molar-refractivity contribution is 7.89. The van der Waals surface area contributed by atoms with Crippen LogP contribution in [-0.2, 0) is 10.0 Å². The van der Waals surface area contributed by atoms with Gasteiger partial charge < -0.3 is 5.32 Å². The molecular weight excluding hydrogens is 440 g/mol. The summed E-state index contributed by atoms with van der Waals surface area (Å²) in [7, 11) is -3.64. The Labute approximate surface area is 193 Å². The fourth-order valence-corrected chi connectivity index (χ4v) is 6.77. The predicted octanol–water partition coefficient (Wildman–Crippen LogP) is 3.10. The average Bonchev–Trinajstić information content (AvgIpc) is 3.49. The number of amides is 1. The van der Waals surface area contributed by atoms with Crippen molar-refractivity contribution in [2.24, 2.45) is 17.8 Å². The third-order valence-electron chi connectivity index (χ3n) is 7.02. The van der Waals surface area contributed by atoms with Crippen molar-refractivity contribution in [1.29, 1.82) is 0 Å². The lowest BCUT2D eigenvalue weighted by Gasteiger charge is -2.28. The van der Waals surface area contributed by atoms with Crippen molar-refractivity contribution < 1.29 is 13.2 Å². The molecule has 2 fully saturated rings. The number of anilines is 1. The summed E-state index contributed by atoms with van der Waals surface area (Å²) in [6, 6.07) is 7.90. The minimum absolute atomic E-state index is 0.00532. The summed E-state index contributed by atoms with van der Waals surface area (Å²) in [5.41, 5.74) is 2.07. The molecule has 0 aliphatic heterocycles. The molecule has 2 aromatic heterocycles. The SMILES string of the molecule is Cc1cc(C)n2nc(C(=O)Nc3ccc(S(=O)(=O)N[C@@H](C)[C@H]4C[C@H]5CC[C@H]4C5)cc3)nc2n1. The molecule has 5 rings (SSSR count). The van der Waals surface area contributed by atoms with Crippen molar-refractivity contribution in [3.63, 3.8) is 0 Å². The third kappa shape index (κ3) is 4.24. The second-order valence-corrected chi connectivity index (χ2v) is 11.1. The maximum absolute atomic E-state index is 12.9. The van der Waals surface area contributed by atoms with Gasteiger partial charge in [0.15, 0.2) is 0 Å². The van der Waals surface area contributed by atoms with Gasteiger partial charge in [-0.1, -0.05) is 6.42 Å². The molecule has 2 heterocycles. The lowest BCUT2D eigenvalue weighted by Crippen LogP contribution is -2.40. The van der Waals surface area contributed by atoms with Crippen molar-refractivity contribution in [2.45, 2.75) is 57.4 Å². The lowest BCUT2D eigenvalue weighted by molar-refractivity contribution is 0.101. The van der Waals surface area contributed by atoms with Gasteiger partial charge in [0.25, 0.3) is 11.7 Å². The van der Waals surface area contributed by atoms with E-state index in [2.05, 4.69) is 25.1 Å². The van der Waals surface area contributed by atoms with Crippen LogP contribution in [0, 0.1) is 31.6 Å². The Bertz CT molecular complexity index is 1320. The number of rotatable bonds is 6. The first-order valence-electron chi connectivity index (χ1n) is 11.3. The van der Waals surface area contributed by atoms with Crippen molar-refractivity contribution >= 4 is 27.4 Å². The summed E-state index contributed by atoms with van der Waals surface area (Å²) in [4.78, 5) is 21.3. The molecule has 1 aromatic carbocycles. The van der Waals surface area contributed by atoms with Gasteiger partial charge in [-0.15, -0.1) is 5.10 Å². The van der Waals surface area contributed by atoms with Gasteiger partial charge in [0.2, 0.25) is 15.8 Å². The molecule has 2 aliphatic carbocycles. The summed E-state index contributed by atoms with van der Waals surface area (Å²) in [6.07, 6.45) is 4.85. The number of carbonyl (C=O) groups is 1. The highest BCUT2D eigenvalue weighted by Crippen LogP contribution is 2.49. The fraction of sp³-hybridized carbons (Fsp3) is 0.478. The first-order valence-corrected chi connectivity index (χ1v) is 12.8. The number of carbonyl (C=O) groups excluding carboxylic acids is 1. The second kappa shape index (κ2) is 8.18. The molecule has 0 radical (unpaired) electrons. The molecule has 0 spiro atoms. The van der Waals surface area contributed by atoms with Gasteiger partial charge in [-0.25, -0.2) is 22.6 Å².